The molecule has 2 N–H and O–H groups in total. The summed E-state index contributed by atoms with van der Waals surface area (Å²) in [6.45, 7) is 3.02. The fourth-order valence-electron chi connectivity index (χ4n) is 1.59. The summed E-state index contributed by atoms with van der Waals surface area (Å²) in [6, 6.07) is 3.31. The van der Waals surface area contributed by atoms with Crippen LogP contribution in [-0.2, 0) is 0 Å². The smallest absolute Gasteiger partial charge is 0.255 e. The number of nitrogens with two attached hydrogens (primary N) is 1. The molecule has 0 bridgehead atoms. The van der Waals surface area contributed by atoms with Crippen LogP contribution >= 0.6 is 0 Å². The van der Waals surface area contributed by atoms with Gasteiger partial charge in [-0.3, -0.25) is 4.79 Å². The lowest BCUT2D eigenvalue weighted by atomic mass is 10.0. The second-order valence-corrected chi connectivity index (χ2v) is 4.10. The van der Waals surface area contributed by atoms with Gasteiger partial charge in [-0.05, 0) is 31.0 Å². The van der Waals surface area contributed by atoms with Crippen LogP contribution in [-0.4, -0.2) is 30.8 Å². The number of nitrogen functional groups attached to an aromatic ring is 1. The standard InChI is InChI=1S/C12H16F2N2O/c1-7-4-8(2)10(15)5-9(7)12(17)16(3)6-11(13)14/h4-5,11H,6,15H2,1-3H3. The van der Waals surface area contributed by atoms with Crippen LogP contribution < -0.4 is 5.73 Å². The molecule has 1 rings (SSSR count). The molecule has 5 heteroatoms. The fourth-order valence-corrected chi connectivity index (χ4v) is 1.59. The molecule has 0 aliphatic carbocycles. The summed E-state index contributed by atoms with van der Waals surface area (Å²) in [5, 5.41) is 0. The summed E-state index contributed by atoms with van der Waals surface area (Å²) >= 11 is 0. The number of anilines is 1. The fraction of sp³-hybridized carbons (Fsp3) is 0.417. The lowest BCUT2D eigenvalue weighted by molar-refractivity contribution is 0.0619. The Bertz CT molecular complexity index is 433. The van der Waals surface area contributed by atoms with E-state index in [0.29, 0.717) is 11.3 Å². The van der Waals surface area contributed by atoms with Gasteiger partial charge in [0.2, 0.25) is 0 Å². The molecule has 17 heavy (non-hydrogen) atoms. The Balaban J connectivity index is 3.00. The van der Waals surface area contributed by atoms with Gasteiger partial charge >= 0.3 is 0 Å². The first kappa shape index (κ1) is 13.4. The van der Waals surface area contributed by atoms with Gasteiger partial charge < -0.3 is 10.6 Å². The molecule has 0 saturated carbocycles. The number of rotatable bonds is 3. The number of carbonyl (C=O) groups is 1. The molecule has 0 saturated heterocycles. The number of nitrogens with zero attached hydrogens (tertiary/aromatic N) is 1. The van der Waals surface area contributed by atoms with E-state index in [1.165, 1.54) is 13.1 Å². The maximum atomic E-state index is 12.2. The second kappa shape index (κ2) is 5.12. The molecule has 0 heterocycles. The van der Waals surface area contributed by atoms with Gasteiger partial charge in [-0.1, -0.05) is 6.07 Å². The number of halogens is 2. The normalized spacial score (nSPS) is 10.7. The summed E-state index contributed by atoms with van der Waals surface area (Å²) in [7, 11) is 1.35. The van der Waals surface area contributed by atoms with Crippen molar-refractivity contribution in [3.8, 4) is 0 Å². The summed E-state index contributed by atoms with van der Waals surface area (Å²) in [4.78, 5) is 12.9. The monoisotopic (exact) mass is 242 g/mol. The van der Waals surface area contributed by atoms with Crippen molar-refractivity contribution >= 4 is 11.6 Å². The average Bonchev–Trinajstić information content (AvgIpc) is 2.21. The molecule has 3 nitrogen and oxygen atoms in total. The maximum Gasteiger partial charge on any atom is 0.255 e. The van der Waals surface area contributed by atoms with Crippen molar-refractivity contribution in [1.29, 1.82) is 0 Å². The van der Waals surface area contributed by atoms with Crippen LogP contribution in [0.15, 0.2) is 12.1 Å². The highest BCUT2D eigenvalue weighted by Gasteiger charge is 2.18. The predicted molar refractivity (Wildman–Crippen MR) is 63.3 cm³/mol. The first-order chi connectivity index (χ1) is 7.82. The van der Waals surface area contributed by atoms with E-state index < -0.39 is 18.9 Å². The van der Waals surface area contributed by atoms with E-state index >= 15 is 0 Å². The molecule has 0 aliphatic heterocycles. The first-order valence-corrected chi connectivity index (χ1v) is 5.23. The van der Waals surface area contributed by atoms with Crippen LogP contribution in [0.25, 0.3) is 0 Å². The molecule has 0 fully saturated rings. The van der Waals surface area contributed by atoms with Crippen LogP contribution in [0.2, 0.25) is 0 Å². The van der Waals surface area contributed by atoms with Crippen molar-refractivity contribution in [1.82, 2.24) is 4.90 Å². The molecule has 94 valence electrons. The lowest BCUT2D eigenvalue weighted by Gasteiger charge is -2.18. The van der Waals surface area contributed by atoms with Crippen LogP contribution in [0.4, 0.5) is 14.5 Å². The Morgan fingerprint density at radius 1 is 1.35 bits per heavy atom. The third kappa shape index (κ3) is 3.15. The summed E-state index contributed by atoms with van der Waals surface area (Å²) in [5.74, 6) is -0.436. The van der Waals surface area contributed by atoms with E-state index in [4.69, 9.17) is 5.73 Å². The van der Waals surface area contributed by atoms with E-state index in [1.807, 2.05) is 6.92 Å². The molecule has 1 aromatic carbocycles. The van der Waals surface area contributed by atoms with E-state index in [9.17, 15) is 13.6 Å². The molecule has 0 aromatic heterocycles. The minimum atomic E-state index is -2.54. The number of aryl methyl sites for hydroxylation is 2. The van der Waals surface area contributed by atoms with Gasteiger partial charge in [0.25, 0.3) is 12.3 Å². The van der Waals surface area contributed by atoms with Crippen LogP contribution in [0.5, 0.6) is 0 Å². The number of alkyl halides is 2. The largest absolute Gasteiger partial charge is 0.398 e. The van der Waals surface area contributed by atoms with E-state index in [-0.39, 0.29) is 0 Å². The maximum absolute atomic E-state index is 12.2. The zero-order valence-corrected chi connectivity index (χ0v) is 10.1. The molecule has 0 spiro atoms. The van der Waals surface area contributed by atoms with Crippen molar-refractivity contribution in [2.24, 2.45) is 0 Å². The Kier molecular flexibility index (Phi) is 4.04. The third-order valence-corrected chi connectivity index (χ3v) is 2.60. The minimum absolute atomic E-state index is 0.372. The van der Waals surface area contributed by atoms with Gasteiger partial charge in [-0.15, -0.1) is 0 Å². The van der Waals surface area contributed by atoms with Gasteiger partial charge in [-0.2, -0.15) is 0 Å². The second-order valence-electron chi connectivity index (χ2n) is 4.10. The number of hydrogen-bond donors (Lipinski definition) is 1. The van der Waals surface area contributed by atoms with Crippen molar-refractivity contribution in [3.05, 3.63) is 28.8 Å². The van der Waals surface area contributed by atoms with E-state index in [1.54, 1.807) is 13.0 Å². The zero-order chi connectivity index (χ0) is 13.2. The highest BCUT2D eigenvalue weighted by Crippen LogP contribution is 2.19. The molecule has 0 atom stereocenters. The van der Waals surface area contributed by atoms with Crippen molar-refractivity contribution in [2.75, 3.05) is 19.3 Å². The Labute approximate surface area is 99.2 Å². The van der Waals surface area contributed by atoms with Crippen molar-refractivity contribution in [2.45, 2.75) is 20.3 Å². The topological polar surface area (TPSA) is 46.3 Å². The average molecular weight is 242 g/mol. The van der Waals surface area contributed by atoms with Crippen molar-refractivity contribution in [3.63, 3.8) is 0 Å². The highest BCUT2D eigenvalue weighted by molar-refractivity contribution is 5.96. The third-order valence-electron chi connectivity index (χ3n) is 2.60. The van der Waals surface area contributed by atoms with Crippen LogP contribution in [0.3, 0.4) is 0 Å². The van der Waals surface area contributed by atoms with E-state index in [0.717, 1.165) is 16.0 Å². The number of hydrogen-bond acceptors (Lipinski definition) is 2. The summed E-state index contributed by atoms with van der Waals surface area (Å²) < 4.78 is 24.4. The lowest BCUT2D eigenvalue weighted by Crippen LogP contribution is -2.31. The Hall–Kier alpha value is -1.65. The number of amides is 1. The van der Waals surface area contributed by atoms with Gasteiger partial charge in [0, 0.05) is 18.3 Å². The van der Waals surface area contributed by atoms with Crippen molar-refractivity contribution < 1.29 is 13.6 Å². The highest BCUT2D eigenvalue weighted by atomic mass is 19.3. The predicted octanol–water partition coefficient (Wildman–Crippen LogP) is 2.22. The Morgan fingerprint density at radius 3 is 2.47 bits per heavy atom. The summed E-state index contributed by atoms with van der Waals surface area (Å²) in [5.41, 5.74) is 8.18. The number of benzene rings is 1. The van der Waals surface area contributed by atoms with Crippen LogP contribution in [0.1, 0.15) is 21.5 Å². The van der Waals surface area contributed by atoms with Crippen LogP contribution in [0, 0.1) is 13.8 Å². The van der Waals surface area contributed by atoms with Gasteiger partial charge in [0.15, 0.2) is 0 Å². The minimum Gasteiger partial charge on any atom is -0.398 e. The van der Waals surface area contributed by atoms with Gasteiger partial charge in [-0.25, -0.2) is 8.78 Å². The first-order valence-electron chi connectivity index (χ1n) is 5.23. The molecule has 1 amide bonds. The quantitative estimate of drug-likeness (QED) is 0.826. The molecular formula is C12H16F2N2O. The molecule has 1 aromatic rings. The molecule has 0 unspecified atom stereocenters. The number of carbonyl (C=O) groups excluding carboxylic acids is 1. The Morgan fingerprint density at radius 2 is 1.94 bits per heavy atom. The molecule has 0 aliphatic rings. The molecular weight excluding hydrogens is 226 g/mol. The van der Waals surface area contributed by atoms with E-state index in [2.05, 4.69) is 0 Å². The SMILES string of the molecule is Cc1cc(C)c(C(=O)N(C)CC(F)F)cc1N. The van der Waals surface area contributed by atoms with Gasteiger partial charge in [0.05, 0.1) is 6.54 Å². The molecule has 0 radical (unpaired) electrons. The summed E-state index contributed by atoms with van der Waals surface area (Å²) in [6.07, 6.45) is -2.54. The van der Waals surface area contributed by atoms with Gasteiger partial charge in [0.1, 0.15) is 0 Å². The zero-order valence-electron chi connectivity index (χ0n) is 10.1.